The summed E-state index contributed by atoms with van der Waals surface area (Å²) in [6, 6.07) is 0. The van der Waals surface area contributed by atoms with Gasteiger partial charge >= 0.3 is 0 Å². The molecule has 0 atom stereocenters. The van der Waals surface area contributed by atoms with Gasteiger partial charge in [0.05, 0.1) is 11.5 Å². The van der Waals surface area contributed by atoms with Crippen LogP contribution in [0.2, 0.25) is 0 Å². The Morgan fingerprint density at radius 3 is 3.00 bits per heavy atom. The highest BCUT2D eigenvalue weighted by atomic mass is 32.2. The van der Waals surface area contributed by atoms with Crippen LogP contribution in [-0.4, -0.2) is 47.8 Å². The predicted octanol–water partition coefficient (Wildman–Crippen LogP) is 0.518. The number of nitrogens with one attached hydrogen (secondary N) is 1. The number of carbonyl (C=O) groups is 1. The lowest BCUT2D eigenvalue weighted by molar-refractivity contribution is -0.113. The van der Waals surface area contributed by atoms with Crippen molar-refractivity contribution in [2.75, 3.05) is 16.8 Å². The second kappa shape index (κ2) is 7.22. The average Bonchev–Trinajstić information content (AvgIpc) is 3.03. The number of aryl methyl sites for hydroxylation is 1. The highest BCUT2D eigenvalue weighted by Crippen LogP contribution is 2.25. The van der Waals surface area contributed by atoms with E-state index in [-0.39, 0.29) is 11.7 Å². The summed E-state index contributed by atoms with van der Waals surface area (Å²) in [5, 5.41) is 22.4. The predicted molar refractivity (Wildman–Crippen MR) is 77.6 cm³/mol. The van der Waals surface area contributed by atoms with E-state index < -0.39 is 0 Å². The molecule has 0 aromatic carbocycles. The topological polar surface area (TPSA) is 98.5 Å². The first-order valence-electron chi connectivity index (χ1n) is 5.24. The van der Waals surface area contributed by atoms with Gasteiger partial charge in [0, 0.05) is 7.05 Å². The number of hydrogen-bond donors (Lipinski definition) is 1. The van der Waals surface area contributed by atoms with Crippen molar-refractivity contribution in [2.24, 2.45) is 7.05 Å². The second-order valence-corrected chi connectivity index (χ2v) is 6.43. The summed E-state index contributed by atoms with van der Waals surface area (Å²) in [7, 11) is 1.71. The van der Waals surface area contributed by atoms with E-state index >= 15 is 0 Å². The van der Waals surface area contributed by atoms with Crippen molar-refractivity contribution in [3.05, 3.63) is 0 Å². The fourth-order valence-corrected chi connectivity index (χ4v) is 3.15. The number of rotatable bonds is 6. The Kier molecular flexibility index (Phi) is 5.33. The number of aromatic nitrogens is 6. The number of carbonyl (C=O) groups excluding carboxylic acids is 1. The molecular weight excluding hydrogens is 318 g/mol. The Hall–Kier alpha value is -1.64. The van der Waals surface area contributed by atoms with Gasteiger partial charge in [-0.1, -0.05) is 40.8 Å². The third-order valence-corrected chi connectivity index (χ3v) is 4.73. The number of hydrogen-bond acceptors (Lipinski definition) is 9. The van der Waals surface area contributed by atoms with Crippen LogP contribution in [0, 0.1) is 12.3 Å². The fourth-order valence-electron chi connectivity index (χ4n) is 1.05. The molecule has 0 radical (unpaired) electrons. The van der Waals surface area contributed by atoms with Gasteiger partial charge in [-0.3, -0.25) is 10.1 Å². The molecule has 1 N–H and O–H groups in total. The maximum absolute atomic E-state index is 11.7. The molecule has 2 aromatic rings. The molecule has 20 heavy (non-hydrogen) atoms. The summed E-state index contributed by atoms with van der Waals surface area (Å²) in [6.07, 6.45) is 5.16. The Morgan fingerprint density at radius 2 is 2.30 bits per heavy atom. The highest BCUT2D eigenvalue weighted by Gasteiger charge is 2.11. The molecule has 0 unspecified atom stereocenters. The molecule has 104 valence electrons. The zero-order chi connectivity index (χ0) is 14.4. The van der Waals surface area contributed by atoms with Gasteiger partial charge in [-0.15, -0.1) is 21.7 Å². The maximum atomic E-state index is 11.7. The summed E-state index contributed by atoms with van der Waals surface area (Å²) in [5.41, 5.74) is 0. The normalized spacial score (nSPS) is 10.2. The molecule has 0 aliphatic carbocycles. The summed E-state index contributed by atoms with van der Waals surface area (Å²) >= 11 is 3.93. The van der Waals surface area contributed by atoms with Crippen molar-refractivity contribution in [3.63, 3.8) is 0 Å². The molecule has 2 rings (SSSR count). The molecule has 8 nitrogen and oxygen atoms in total. The largest absolute Gasteiger partial charge is 0.300 e. The summed E-state index contributed by atoms with van der Waals surface area (Å²) in [6.45, 7) is 0. The van der Waals surface area contributed by atoms with Gasteiger partial charge in [0.15, 0.2) is 4.34 Å². The van der Waals surface area contributed by atoms with E-state index in [0.29, 0.717) is 16.0 Å². The molecule has 0 spiro atoms. The number of thioether (sulfide) groups is 2. The second-order valence-electron chi connectivity index (χ2n) is 3.29. The van der Waals surface area contributed by atoms with E-state index in [1.807, 2.05) is 0 Å². The first-order valence-corrected chi connectivity index (χ1v) is 8.02. The standard InChI is InChI=1S/C9H9N7OS3/c1-3-4-18-9-13-11-7(20-9)10-6(17)5-19-8-12-14-15-16(8)2/h1H,4-5H2,2H3,(H,10,11,17). The van der Waals surface area contributed by atoms with Gasteiger partial charge in [0.1, 0.15) is 0 Å². The van der Waals surface area contributed by atoms with Gasteiger partial charge in [0.25, 0.3) is 0 Å². The van der Waals surface area contributed by atoms with Gasteiger partial charge in [-0.25, -0.2) is 4.68 Å². The fraction of sp³-hybridized carbons (Fsp3) is 0.333. The molecule has 0 aliphatic rings. The van der Waals surface area contributed by atoms with Crippen LogP contribution in [0.15, 0.2) is 9.50 Å². The Bertz CT molecular complexity index is 632. The van der Waals surface area contributed by atoms with Crippen LogP contribution < -0.4 is 5.32 Å². The van der Waals surface area contributed by atoms with E-state index in [1.165, 1.54) is 39.5 Å². The zero-order valence-electron chi connectivity index (χ0n) is 10.3. The minimum absolute atomic E-state index is 0.192. The maximum Gasteiger partial charge on any atom is 0.236 e. The van der Waals surface area contributed by atoms with Crippen LogP contribution in [0.1, 0.15) is 0 Å². The average molecular weight is 327 g/mol. The van der Waals surface area contributed by atoms with Crippen LogP contribution >= 0.6 is 34.9 Å². The molecule has 2 aromatic heterocycles. The lowest BCUT2D eigenvalue weighted by Crippen LogP contribution is -2.14. The van der Waals surface area contributed by atoms with E-state index in [9.17, 15) is 4.79 Å². The van der Waals surface area contributed by atoms with Crippen LogP contribution in [0.25, 0.3) is 0 Å². The van der Waals surface area contributed by atoms with Gasteiger partial charge < -0.3 is 0 Å². The van der Waals surface area contributed by atoms with E-state index in [2.05, 4.69) is 37.0 Å². The van der Waals surface area contributed by atoms with Crippen molar-refractivity contribution in [2.45, 2.75) is 9.50 Å². The smallest absolute Gasteiger partial charge is 0.236 e. The van der Waals surface area contributed by atoms with Gasteiger partial charge in [-0.05, 0) is 10.4 Å². The van der Waals surface area contributed by atoms with Crippen LogP contribution in [-0.2, 0) is 11.8 Å². The molecule has 11 heteroatoms. The van der Waals surface area contributed by atoms with Crippen LogP contribution in [0.4, 0.5) is 5.13 Å². The minimum Gasteiger partial charge on any atom is -0.300 e. The van der Waals surface area contributed by atoms with Gasteiger partial charge in [-0.2, -0.15) is 0 Å². The molecule has 0 aliphatic heterocycles. The summed E-state index contributed by atoms with van der Waals surface area (Å²) in [5.74, 6) is 3.03. The molecule has 0 saturated heterocycles. The zero-order valence-corrected chi connectivity index (χ0v) is 12.8. The van der Waals surface area contributed by atoms with E-state index in [1.54, 1.807) is 7.05 Å². The van der Waals surface area contributed by atoms with E-state index in [4.69, 9.17) is 6.42 Å². The van der Waals surface area contributed by atoms with Gasteiger partial charge in [0.2, 0.25) is 16.2 Å². The number of terminal acetylenes is 1. The number of nitrogens with zero attached hydrogens (tertiary/aromatic N) is 6. The minimum atomic E-state index is -0.192. The Morgan fingerprint density at radius 1 is 1.45 bits per heavy atom. The number of anilines is 1. The highest BCUT2D eigenvalue weighted by molar-refractivity contribution is 8.01. The third-order valence-electron chi connectivity index (χ3n) is 1.85. The molecule has 0 fully saturated rings. The molecule has 0 bridgehead atoms. The van der Waals surface area contributed by atoms with Crippen LogP contribution in [0.5, 0.6) is 0 Å². The Balaban J connectivity index is 1.81. The summed E-state index contributed by atoms with van der Waals surface area (Å²) in [4.78, 5) is 11.7. The first kappa shape index (κ1) is 14.8. The third kappa shape index (κ3) is 4.19. The summed E-state index contributed by atoms with van der Waals surface area (Å²) < 4.78 is 2.22. The molecule has 0 saturated carbocycles. The van der Waals surface area contributed by atoms with Crippen molar-refractivity contribution < 1.29 is 4.79 Å². The quantitative estimate of drug-likeness (QED) is 0.466. The lowest BCUT2D eigenvalue weighted by atomic mass is 10.7. The van der Waals surface area contributed by atoms with Crippen molar-refractivity contribution >= 4 is 45.9 Å². The number of tetrazole rings is 1. The van der Waals surface area contributed by atoms with Crippen LogP contribution in [0.3, 0.4) is 0 Å². The lowest BCUT2D eigenvalue weighted by Gasteiger charge is -1.99. The van der Waals surface area contributed by atoms with Crippen molar-refractivity contribution in [1.29, 1.82) is 0 Å². The monoisotopic (exact) mass is 327 g/mol. The van der Waals surface area contributed by atoms with Crippen molar-refractivity contribution in [1.82, 2.24) is 30.4 Å². The Labute approximate surface area is 127 Å². The molecule has 2 heterocycles. The van der Waals surface area contributed by atoms with Crippen molar-refractivity contribution in [3.8, 4) is 12.3 Å². The van der Waals surface area contributed by atoms with E-state index in [0.717, 1.165) is 4.34 Å². The molecular formula is C9H9N7OS3. The molecule has 1 amide bonds. The number of amides is 1. The SMILES string of the molecule is C#CCSc1nnc(NC(=O)CSc2nnnn2C)s1. The first-order chi connectivity index (χ1) is 9.69.